The molecule has 1 aliphatic carbocycles. The Hall–Kier alpha value is -1.95. The minimum absolute atomic E-state index is 0.771. The van der Waals surface area contributed by atoms with Gasteiger partial charge in [0.25, 0.3) is 0 Å². The molecule has 0 radical (unpaired) electrons. The van der Waals surface area contributed by atoms with E-state index in [0.29, 0.717) is 0 Å². The minimum atomic E-state index is -1.71. The van der Waals surface area contributed by atoms with Crippen LogP contribution < -0.4 is 15.9 Å². The Balaban J connectivity index is 1.76. The van der Waals surface area contributed by atoms with E-state index in [1.54, 1.807) is 0 Å². The van der Waals surface area contributed by atoms with E-state index in [1.807, 2.05) is 0 Å². The van der Waals surface area contributed by atoms with Crippen molar-refractivity contribution in [2.24, 2.45) is 0 Å². The van der Waals surface area contributed by atoms with Gasteiger partial charge in [-0.2, -0.15) is 0 Å². The summed E-state index contributed by atoms with van der Waals surface area (Å²) in [6.07, 6.45) is 8.18. The first kappa shape index (κ1) is 21.3. The van der Waals surface area contributed by atoms with Gasteiger partial charge in [-0.1, -0.05) is 80.8 Å². The van der Waals surface area contributed by atoms with Crippen molar-refractivity contribution in [2.45, 2.75) is 45.1 Å². The zero-order valence-corrected chi connectivity index (χ0v) is 19.2. The lowest BCUT2D eigenvalue weighted by Gasteiger charge is -2.35. The number of hydrogen-bond donors (Lipinski definition) is 0. The summed E-state index contributed by atoms with van der Waals surface area (Å²) in [6, 6.07) is 34.7. The summed E-state index contributed by atoms with van der Waals surface area (Å²) in [5, 5.41) is 4.51. The van der Waals surface area contributed by atoms with Gasteiger partial charge in [0.1, 0.15) is 23.2 Å². The van der Waals surface area contributed by atoms with Crippen LogP contribution in [0.3, 0.4) is 0 Å². The summed E-state index contributed by atoms with van der Waals surface area (Å²) >= 11 is 0. The van der Waals surface area contributed by atoms with Crippen molar-refractivity contribution in [1.82, 2.24) is 4.90 Å². The van der Waals surface area contributed by atoms with Gasteiger partial charge in [0.05, 0.1) is 6.16 Å². The zero-order valence-electron chi connectivity index (χ0n) is 18.3. The molecule has 0 aromatic heterocycles. The number of hydrogen-bond acceptors (Lipinski definition) is 1. The molecule has 0 saturated heterocycles. The van der Waals surface area contributed by atoms with E-state index in [0.717, 1.165) is 12.6 Å². The largest absolute Gasteiger partial charge is 0.297 e. The first-order valence-electron chi connectivity index (χ1n) is 11.6. The lowest BCUT2D eigenvalue weighted by Crippen LogP contribution is -2.42. The molecule has 0 aliphatic heterocycles. The van der Waals surface area contributed by atoms with Gasteiger partial charge in [0.2, 0.25) is 0 Å². The summed E-state index contributed by atoms with van der Waals surface area (Å²) < 4.78 is 0. The molecule has 0 atom stereocenters. The van der Waals surface area contributed by atoms with Gasteiger partial charge in [-0.25, -0.2) is 0 Å². The molecule has 0 heterocycles. The van der Waals surface area contributed by atoms with Gasteiger partial charge in [0, 0.05) is 12.6 Å². The van der Waals surface area contributed by atoms with Crippen LogP contribution in [0, 0.1) is 0 Å². The van der Waals surface area contributed by atoms with Crippen LogP contribution in [-0.4, -0.2) is 30.2 Å². The van der Waals surface area contributed by atoms with Gasteiger partial charge in [-0.15, -0.1) is 0 Å². The molecule has 0 amide bonds. The molecular formula is C28H35NP+. The first-order chi connectivity index (χ1) is 14.8. The van der Waals surface area contributed by atoms with Crippen LogP contribution in [0.15, 0.2) is 91.0 Å². The monoisotopic (exact) mass is 416 g/mol. The molecule has 1 aliphatic rings. The molecule has 4 rings (SSSR count). The van der Waals surface area contributed by atoms with E-state index in [2.05, 4.69) is 103 Å². The average molecular weight is 417 g/mol. The van der Waals surface area contributed by atoms with Gasteiger partial charge < -0.3 is 0 Å². The maximum Gasteiger partial charge on any atom is 0.113 e. The van der Waals surface area contributed by atoms with Crippen LogP contribution in [0.4, 0.5) is 0 Å². The molecule has 3 aromatic rings. The average Bonchev–Trinajstić information content (AvgIpc) is 2.84. The SMILES string of the molecule is CCN(CC[P+](c1ccccc1)(c1ccccc1)c1ccccc1)C1CCCCC1. The Bertz CT molecular complexity index is 776. The molecular weight excluding hydrogens is 381 g/mol. The van der Waals surface area contributed by atoms with E-state index >= 15 is 0 Å². The van der Waals surface area contributed by atoms with Crippen LogP contribution in [0.25, 0.3) is 0 Å². The van der Waals surface area contributed by atoms with E-state index in [-0.39, 0.29) is 0 Å². The van der Waals surface area contributed by atoms with Crippen molar-refractivity contribution >= 4 is 23.2 Å². The summed E-state index contributed by atoms with van der Waals surface area (Å²) in [7, 11) is -1.71. The zero-order chi connectivity index (χ0) is 20.7. The Morgan fingerprint density at radius 2 is 1.10 bits per heavy atom. The third-order valence-corrected chi connectivity index (χ3v) is 11.2. The molecule has 3 aromatic carbocycles. The second kappa shape index (κ2) is 10.4. The molecule has 0 spiro atoms. The lowest BCUT2D eigenvalue weighted by molar-refractivity contribution is 0.173. The van der Waals surface area contributed by atoms with E-state index in [4.69, 9.17) is 0 Å². The maximum atomic E-state index is 2.78. The predicted octanol–water partition coefficient (Wildman–Crippen LogP) is 5.64. The molecule has 2 heteroatoms. The standard InChI is InChI=1S/C28H35NP/c1-2-29(25-15-7-3-8-16-25)23-24-30(26-17-9-4-10-18-26,27-19-11-5-12-20-27)28-21-13-6-14-22-28/h4-6,9-14,17-22,25H,2-3,7-8,15-16,23-24H2,1H3/q+1. The summed E-state index contributed by atoms with van der Waals surface area (Å²) in [4.78, 5) is 2.78. The quantitative estimate of drug-likeness (QED) is 0.430. The highest BCUT2D eigenvalue weighted by Crippen LogP contribution is 2.55. The number of rotatable bonds is 8. The normalized spacial score (nSPS) is 15.4. The highest BCUT2D eigenvalue weighted by molar-refractivity contribution is 7.95. The fourth-order valence-electron chi connectivity index (χ4n) is 5.21. The van der Waals surface area contributed by atoms with Crippen LogP contribution in [0.2, 0.25) is 0 Å². The Morgan fingerprint density at radius 1 is 0.667 bits per heavy atom. The second-order valence-electron chi connectivity index (χ2n) is 8.46. The minimum Gasteiger partial charge on any atom is -0.297 e. The predicted molar refractivity (Wildman–Crippen MR) is 134 cm³/mol. The number of nitrogens with zero attached hydrogens (tertiary/aromatic N) is 1. The molecule has 1 fully saturated rings. The van der Waals surface area contributed by atoms with E-state index in [1.165, 1.54) is 60.7 Å². The van der Waals surface area contributed by atoms with Crippen LogP contribution in [0.1, 0.15) is 39.0 Å². The molecule has 156 valence electrons. The van der Waals surface area contributed by atoms with Crippen LogP contribution in [-0.2, 0) is 0 Å². The van der Waals surface area contributed by atoms with Crippen molar-refractivity contribution < 1.29 is 0 Å². The fraction of sp³-hybridized carbons (Fsp3) is 0.357. The van der Waals surface area contributed by atoms with Crippen molar-refractivity contribution in [3.63, 3.8) is 0 Å². The second-order valence-corrected chi connectivity index (χ2v) is 12.1. The smallest absolute Gasteiger partial charge is 0.113 e. The Kier molecular flexibility index (Phi) is 7.37. The van der Waals surface area contributed by atoms with E-state index in [9.17, 15) is 0 Å². The Labute approximate surface area is 183 Å². The topological polar surface area (TPSA) is 3.24 Å². The molecule has 0 N–H and O–H groups in total. The van der Waals surface area contributed by atoms with Crippen molar-refractivity contribution in [3.05, 3.63) is 91.0 Å². The van der Waals surface area contributed by atoms with Crippen LogP contribution in [0.5, 0.6) is 0 Å². The molecule has 1 saturated carbocycles. The van der Waals surface area contributed by atoms with Gasteiger partial charge in [0.15, 0.2) is 0 Å². The maximum absolute atomic E-state index is 2.78. The van der Waals surface area contributed by atoms with Crippen molar-refractivity contribution in [1.29, 1.82) is 0 Å². The van der Waals surface area contributed by atoms with Gasteiger partial charge in [-0.05, 0) is 55.8 Å². The van der Waals surface area contributed by atoms with Crippen LogP contribution >= 0.6 is 7.26 Å². The molecule has 0 bridgehead atoms. The summed E-state index contributed by atoms with van der Waals surface area (Å²) in [6.45, 7) is 4.68. The van der Waals surface area contributed by atoms with Gasteiger partial charge in [-0.3, -0.25) is 4.90 Å². The number of benzene rings is 3. The third kappa shape index (κ3) is 4.53. The van der Waals surface area contributed by atoms with E-state index < -0.39 is 7.26 Å². The summed E-state index contributed by atoms with van der Waals surface area (Å²) in [5.74, 6) is 0. The highest BCUT2D eigenvalue weighted by Gasteiger charge is 2.45. The van der Waals surface area contributed by atoms with Crippen molar-refractivity contribution in [2.75, 3.05) is 19.3 Å². The summed E-state index contributed by atoms with van der Waals surface area (Å²) in [5.41, 5.74) is 0. The van der Waals surface area contributed by atoms with Crippen molar-refractivity contribution in [3.8, 4) is 0 Å². The Morgan fingerprint density at radius 3 is 1.50 bits per heavy atom. The van der Waals surface area contributed by atoms with Gasteiger partial charge >= 0.3 is 0 Å². The fourth-order valence-corrected chi connectivity index (χ4v) is 9.47. The molecule has 0 unspecified atom stereocenters. The molecule has 1 nitrogen and oxygen atoms in total. The third-order valence-electron chi connectivity index (χ3n) is 6.81. The first-order valence-corrected chi connectivity index (χ1v) is 13.6. The lowest BCUT2D eigenvalue weighted by atomic mass is 9.94. The highest BCUT2D eigenvalue weighted by atomic mass is 31.2. The molecule has 30 heavy (non-hydrogen) atoms.